The van der Waals surface area contributed by atoms with Crippen molar-refractivity contribution in [3.8, 4) is 18.2 Å². The van der Waals surface area contributed by atoms with Crippen molar-refractivity contribution in [2.75, 3.05) is 0 Å². The van der Waals surface area contributed by atoms with Crippen LogP contribution < -0.4 is 0 Å². The molecule has 0 unspecified atom stereocenters. The maximum atomic E-state index is 8.96. The van der Waals surface area contributed by atoms with Crippen molar-refractivity contribution in [2.24, 2.45) is 5.92 Å². The molecule has 3 heteroatoms. The van der Waals surface area contributed by atoms with Crippen molar-refractivity contribution < 1.29 is 0 Å². The van der Waals surface area contributed by atoms with E-state index in [1.807, 2.05) is 20.8 Å². The molecule has 0 aliphatic heterocycles. The third kappa shape index (κ3) is 9.14. The third-order valence-corrected chi connectivity index (χ3v) is 3.31. The highest BCUT2D eigenvalue weighted by atomic mass is 14.2. The van der Waals surface area contributed by atoms with Crippen molar-refractivity contribution >= 4 is 11.1 Å². The van der Waals surface area contributed by atoms with E-state index in [1.165, 1.54) is 12.5 Å². The zero-order chi connectivity index (χ0) is 19.8. The minimum absolute atomic E-state index is 0.287. The van der Waals surface area contributed by atoms with E-state index in [4.69, 9.17) is 15.8 Å². The van der Waals surface area contributed by atoms with Crippen LogP contribution in [-0.2, 0) is 6.42 Å². The van der Waals surface area contributed by atoms with Crippen LogP contribution in [0.5, 0.6) is 0 Å². The van der Waals surface area contributed by atoms with Gasteiger partial charge in [0.25, 0.3) is 0 Å². The van der Waals surface area contributed by atoms with Gasteiger partial charge in [-0.1, -0.05) is 46.8 Å². The van der Waals surface area contributed by atoms with Crippen LogP contribution in [0.3, 0.4) is 0 Å². The average molecular weight is 335 g/mol. The summed E-state index contributed by atoms with van der Waals surface area (Å²) < 4.78 is 0. The summed E-state index contributed by atoms with van der Waals surface area (Å²) in [5.74, 6) is 0.287. The van der Waals surface area contributed by atoms with Crippen LogP contribution in [0.2, 0.25) is 0 Å². The zero-order valence-electron chi connectivity index (χ0n) is 16.5. The molecule has 0 amide bonds. The lowest BCUT2D eigenvalue weighted by molar-refractivity contribution is 0.855. The van der Waals surface area contributed by atoms with E-state index in [9.17, 15) is 0 Å². The predicted octanol–water partition coefficient (Wildman–Crippen LogP) is 6.29. The molecule has 0 bridgehead atoms. The highest BCUT2D eigenvalue weighted by Crippen LogP contribution is 2.27. The lowest BCUT2D eigenvalue weighted by Crippen LogP contribution is -1.97. The van der Waals surface area contributed by atoms with Gasteiger partial charge < -0.3 is 0 Å². The Bertz CT molecular complexity index is 702. The molecule has 3 nitrogen and oxygen atoms in total. The fraction of sp³-hybridized carbons (Fsp3) is 0.409. The van der Waals surface area contributed by atoms with Gasteiger partial charge in [0.05, 0.1) is 18.2 Å². The van der Waals surface area contributed by atoms with Gasteiger partial charge in [0, 0.05) is 19.1 Å². The van der Waals surface area contributed by atoms with Crippen LogP contribution in [0.4, 0.5) is 0 Å². The first-order valence-corrected chi connectivity index (χ1v) is 8.56. The van der Waals surface area contributed by atoms with E-state index < -0.39 is 0 Å². The van der Waals surface area contributed by atoms with Crippen LogP contribution in [0.25, 0.3) is 11.1 Å². The second-order valence-corrected chi connectivity index (χ2v) is 5.34. The maximum absolute atomic E-state index is 8.96. The molecule has 0 aromatic heterocycles. The summed E-state index contributed by atoms with van der Waals surface area (Å²) in [6.45, 7) is 13.6. The fourth-order valence-corrected chi connectivity index (χ4v) is 2.12. The molecule has 0 atom stereocenters. The van der Waals surface area contributed by atoms with E-state index in [0.717, 1.165) is 28.7 Å². The van der Waals surface area contributed by atoms with Crippen molar-refractivity contribution in [3.05, 3.63) is 47.0 Å². The second-order valence-electron chi connectivity index (χ2n) is 5.34. The summed E-state index contributed by atoms with van der Waals surface area (Å²) in [5, 5.41) is 25.1. The molecule has 0 fully saturated rings. The Balaban J connectivity index is 0. The lowest BCUT2D eigenvalue weighted by Gasteiger charge is -2.14. The maximum Gasteiger partial charge on any atom is 0.0915 e. The number of hydrogen-bond acceptors (Lipinski definition) is 3. The minimum Gasteiger partial charge on any atom is -0.199 e. The van der Waals surface area contributed by atoms with Crippen molar-refractivity contribution in [1.29, 1.82) is 15.8 Å². The SMILES string of the molecule is CC.CC#N.CCc1cc(/C(C)=C/C#N)cc(/C(=C/C#N)C(C)C)c1. The van der Waals surface area contributed by atoms with Gasteiger partial charge in [0.2, 0.25) is 0 Å². The summed E-state index contributed by atoms with van der Waals surface area (Å²) in [5.41, 5.74) is 5.32. The molecule has 0 saturated carbocycles. The molecule has 0 aliphatic rings. The first kappa shape index (κ1) is 24.4. The normalized spacial score (nSPS) is 10.3. The number of hydrogen-bond donors (Lipinski definition) is 0. The number of allylic oxidation sites excluding steroid dienone is 4. The third-order valence-electron chi connectivity index (χ3n) is 3.31. The van der Waals surface area contributed by atoms with Crippen LogP contribution in [0, 0.1) is 39.9 Å². The minimum atomic E-state index is 0.287. The van der Waals surface area contributed by atoms with E-state index in [2.05, 4.69) is 51.1 Å². The molecule has 0 radical (unpaired) electrons. The molecule has 0 saturated heterocycles. The van der Waals surface area contributed by atoms with Crippen LogP contribution in [0.15, 0.2) is 30.4 Å². The van der Waals surface area contributed by atoms with Gasteiger partial charge in [-0.2, -0.15) is 15.8 Å². The first-order chi connectivity index (χ1) is 11.9. The summed E-state index contributed by atoms with van der Waals surface area (Å²) in [6.07, 6.45) is 4.10. The Morgan fingerprint density at radius 1 is 1.00 bits per heavy atom. The standard InChI is InChI=1S/C18H20N2.C2H3N.C2H6/c1-5-15-10-16(14(4)6-8-19)12-17(11-15)18(7-9-20)13(2)3;1-2-3;1-2/h6-7,10-13H,5H2,1-4H3;1H3;1-2H3/b14-6+,18-7+;;. The van der Waals surface area contributed by atoms with Gasteiger partial charge >= 0.3 is 0 Å². The largest absolute Gasteiger partial charge is 0.199 e. The zero-order valence-corrected chi connectivity index (χ0v) is 16.5. The van der Waals surface area contributed by atoms with Crippen LogP contribution >= 0.6 is 0 Å². The highest BCUT2D eigenvalue weighted by Gasteiger charge is 2.09. The average Bonchev–Trinajstić information content (AvgIpc) is 2.61. The summed E-state index contributed by atoms with van der Waals surface area (Å²) in [7, 11) is 0. The molecule has 1 rings (SSSR count). The van der Waals surface area contributed by atoms with Gasteiger partial charge in [0.1, 0.15) is 0 Å². The van der Waals surface area contributed by atoms with E-state index in [0.29, 0.717) is 0 Å². The van der Waals surface area contributed by atoms with E-state index >= 15 is 0 Å². The second kappa shape index (κ2) is 14.7. The van der Waals surface area contributed by atoms with Crippen molar-refractivity contribution in [2.45, 2.75) is 54.9 Å². The summed E-state index contributed by atoms with van der Waals surface area (Å²) >= 11 is 0. The van der Waals surface area contributed by atoms with Crippen LogP contribution in [-0.4, -0.2) is 0 Å². The Morgan fingerprint density at radius 2 is 1.48 bits per heavy atom. The van der Waals surface area contributed by atoms with Gasteiger partial charge in [-0.3, -0.25) is 0 Å². The molecule has 132 valence electrons. The smallest absolute Gasteiger partial charge is 0.0915 e. The Morgan fingerprint density at radius 3 is 1.88 bits per heavy atom. The molecule has 1 aromatic rings. The van der Waals surface area contributed by atoms with Gasteiger partial charge in [0.15, 0.2) is 0 Å². The first-order valence-electron chi connectivity index (χ1n) is 8.56. The number of benzene rings is 1. The molecule has 0 spiro atoms. The van der Waals surface area contributed by atoms with E-state index in [-0.39, 0.29) is 5.92 Å². The lowest BCUT2D eigenvalue weighted by atomic mass is 9.90. The fourth-order valence-electron chi connectivity index (χ4n) is 2.12. The summed E-state index contributed by atoms with van der Waals surface area (Å²) in [4.78, 5) is 0. The monoisotopic (exact) mass is 335 g/mol. The molecule has 25 heavy (non-hydrogen) atoms. The Hall–Kier alpha value is -2.83. The molecule has 0 N–H and O–H groups in total. The van der Waals surface area contributed by atoms with Gasteiger partial charge in [-0.05, 0) is 53.2 Å². The number of aryl methyl sites for hydroxylation is 1. The quantitative estimate of drug-likeness (QED) is 0.606. The van der Waals surface area contributed by atoms with Gasteiger partial charge in [-0.25, -0.2) is 0 Å². The Kier molecular flexibility index (Phi) is 14.4. The molecule has 1 aromatic carbocycles. The molecule has 0 aliphatic carbocycles. The van der Waals surface area contributed by atoms with Gasteiger partial charge in [-0.15, -0.1) is 0 Å². The highest BCUT2D eigenvalue weighted by molar-refractivity contribution is 5.75. The topological polar surface area (TPSA) is 71.4 Å². The number of nitriles is 3. The predicted molar refractivity (Wildman–Crippen MR) is 106 cm³/mol. The van der Waals surface area contributed by atoms with Crippen molar-refractivity contribution in [3.63, 3.8) is 0 Å². The van der Waals surface area contributed by atoms with Crippen molar-refractivity contribution in [1.82, 2.24) is 0 Å². The Labute approximate surface area is 153 Å². The van der Waals surface area contributed by atoms with Crippen LogP contribution in [0.1, 0.15) is 65.2 Å². The number of nitrogens with zero attached hydrogens (tertiary/aromatic N) is 3. The summed E-state index contributed by atoms with van der Waals surface area (Å²) in [6, 6.07) is 12.3. The molecular weight excluding hydrogens is 306 g/mol. The number of rotatable bonds is 4. The molecule has 0 heterocycles. The van der Waals surface area contributed by atoms with E-state index in [1.54, 1.807) is 18.2 Å². The molecular formula is C22H29N3.